The van der Waals surface area contributed by atoms with Crippen molar-refractivity contribution in [1.29, 1.82) is 0 Å². The summed E-state index contributed by atoms with van der Waals surface area (Å²) in [6, 6.07) is 9.62. The standard InChI is InChI=1S/C18H27NO3/c1-14-7-6-10-17(11-14)21-13-18(20)19-12-15(2)22-16-8-4-3-5-9-16/h3-5,8-9,14-15,17H,6-7,10-13H2,1-2H3,(H,19,20). The molecule has 1 aromatic rings. The van der Waals surface area contributed by atoms with E-state index in [2.05, 4.69) is 12.2 Å². The van der Waals surface area contributed by atoms with E-state index in [0.29, 0.717) is 12.5 Å². The molecule has 0 radical (unpaired) electrons. The maximum Gasteiger partial charge on any atom is 0.246 e. The molecule has 0 heterocycles. The van der Waals surface area contributed by atoms with Gasteiger partial charge in [-0.15, -0.1) is 0 Å². The summed E-state index contributed by atoms with van der Waals surface area (Å²) >= 11 is 0. The highest BCUT2D eigenvalue weighted by molar-refractivity contribution is 5.77. The summed E-state index contributed by atoms with van der Waals surface area (Å²) in [5, 5.41) is 2.86. The molecular formula is C18H27NO3. The topological polar surface area (TPSA) is 47.6 Å². The monoisotopic (exact) mass is 305 g/mol. The quantitative estimate of drug-likeness (QED) is 0.841. The summed E-state index contributed by atoms with van der Waals surface area (Å²) in [6.07, 6.45) is 4.80. The third kappa shape index (κ3) is 6.06. The molecule has 3 atom stereocenters. The van der Waals surface area contributed by atoms with Gasteiger partial charge < -0.3 is 14.8 Å². The number of amides is 1. The number of ether oxygens (including phenoxy) is 2. The van der Waals surface area contributed by atoms with Crippen molar-refractivity contribution in [3.63, 3.8) is 0 Å². The highest BCUT2D eigenvalue weighted by Crippen LogP contribution is 2.25. The van der Waals surface area contributed by atoms with Gasteiger partial charge in [-0.1, -0.05) is 38.0 Å². The second-order valence-corrected chi connectivity index (χ2v) is 6.25. The van der Waals surface area contributed by atoms with Crippen molar-refractivity contribution in [2.45, 2.75) is 51.7 Å². The molecule has 3 unspecified atom stereocenters. The lowest BCUT2D eigenvalue weighted by molar-refractivity contribution is -0.129. The minimum atomic E-state index is -0.0685. The first kappa shape index (κ1) is 16.8. The smallest absolute Gasteiger partial charge is 0.246 e. The summed E-state index contributed by atoms with van der Waals surface area (Å²) in [7, 11) is 0. The highest BCUT2D eigenvalue weighted by Gasteiger charge is 2.20. The minimum Gasteiger partial charge on any atom is -0.489 e. The van der Waals surface area contributed by atoms with Crippen LogP contribution < -0.4 is 10.1 Å². The molecule has 4 nitrogen and oxygen atoms in total. The summed E-state index contributed by atoms with van der Waals surface area (Å²) in [6.45, 7) is 4.82. The lowest BCUT2D eigenvalue weighted by atomic mass is 9.89. The molecule has 0 bridgehead atoms. The van der Waals surface area contributed by atoms with Gasteiger partial charge in [-0.2, -0.15) is 0 Å². The lowest BCUT2D eigenvalue weighted by Crippen LogP contribution is -2.37. The Labute approximate surface area is 133 Å². The van der Waals surface area contributed by atoms with Crippen molar-refractivity contribution in [2.24, 2.45) is 5.92 Å². The first-order valence-electron chi connectivity index (χ1n) is 8.23. The zero-order valence-electron chi connectivity index (χ0n) is 13.6. The Kier molecular flexibility index (Phi) is 6.72. The van der Waals surface area contributed by atoms with E-state index in [4.69, 9.17) is 9.47 Å². The predicted octanol–water partition coefficient (Wildman–Crippen LogP) is 3.17. The van der Waals surface area contributed by atoms with Crippen molar-refractivity contribution in [2.75, 3.05) is 13.2 Å². The third-order valence-electron chi connectivity index (χ3n) is 4.01. The number of rotatable bonds is 7. The lowest BCUT2D eigenvalue weighted by Gasteiger charge is -2.26. The number of para-hydroxylation sites is 1. The van der Waals surface area contributed by atoms with Crippen LogP contribution in [0, 0.1) is 5.92 Å². The molecular weight excluding hydrogens is 278 g/mol. The fourth-order valence-corrected chi connectivity index (χ4v) is 2.81. The molecule has 1 aliphatic rings. The van der Waals surface area contributed by atoms with Gasteiger partial charge in [0, 0.05) is 0 Å². The second kappa shape index (κ2) is 8.79. The molecule has 1 amide bonds. The van der Waals surface area contributed by atoms with Crippen molar-refractivity contribution in [1.82, 2.24) is 5.32 Å². The molecule has 0 aromatic heterocycles. The van der Waals surface area contributed by atoms with Crippen LogP contribution in [0.1, 0.15) is 39.5 Å². The second-order valence-electron chi connectivity index (χ2n) is 6.25. The number of hydrogen-bond donors (Lipinski definition) is 1. The van der Waals surface area contributed by atoms with E-state index in [1.807, 2.05) is 37.3 Å². The highest BCUT2D eigenvalue weighted by atomic mass is 16.5. The van der Waals surface area contributed by atoms with Crippen LogP contribution in [0.3, 0.4) is 0 Å². The number of benzene rings is 1. The van der Waals surface area contributed by atoms with E-state index in [0.717, 1.165) is 18.6 Å². The zero-order valence-corrected chi connectivity index (χ0v) is 13.6. The van der Waals surface area contributed by atoms with E-state index in [9.17, 15) is 4.79 Å². The first-order chi connectivity index (χ1) is 10.6. The first-order valence-corrected chi connectivity index (χ1v) is 8.23. The average Bonchev–Trinajstić information content (AvgIpc) is 2.52. The maximum absolute atomic E-state index is 11.8. The van der Waals surface area contributed by atoms with Crippen LogP contribution in [0.25, 0.3) is 0 Å². The van der Waals surface area contributed by atoms with Gasteiger partial charge in [0.05, 0.1) is 12.6 Å². The van der Waals surface area contributed by atoms with Gasteiger partial charge >= 0.3 is 0 Å². The predicted molar refractivity (Wildman–Crippen MR) is 86.9 cm³/mol. The Hall–Kier alpha value is -1.55. The fourth-order valence-electron chi connectivity index (χ4n) is 2.81. The molecule has 2 rings (SSSR count). The number of nitrogens with one attached hydrogen (secondary N) is 1. The normalized spacial score (nSPS) is 22.8. The van der Waals surface area contributed by atoms with Crippen LogP contribution in [0.5, 0.6) is 5.75 Å². The largest absolute Gasteiger partial charge is 0.489 e. The molecule has 1 saturated carbocycles. The Morgan fingerprint density at radius 2 is 2.09 bits per heavy atom. The van der Waals surface area contributed by atoms with E-state index in [1.54, 1.807) is 0 Å². The molecule has 0 aliphatic heterocycles. The number of hydrogen-bond acceptors (Lipinski definition) is 3. The van der Waals surface area contributed by atoms with Gasteiger partial charge in [-0.3, -0.25) is 4.79 Å². The summed E-state index contributed by atoms with van der Waals surface area (Å²) < 4.78 is 11.4. The Balaban J connectivity index is 1.60. The van der Waals surface area contributed by atoms with Gasteiger partial charge in [0.2, 0.25) is 5.91 Å². The molecule has 1 aliphatic carbocycles. The van der Waals surface area contributed by atoms with Gasteiger partial charge in [0.15, 0.2) is 0 Å². The van der Waals surface area contributed by atoms with Crippen LogP contribution in [-0.2, 0) is 9.53 Å². The zero-order chi connectivity index (χ0) is 15.8. The van der Waals surface area contributed by atoms with Crippen LogP contribution in [0.2, 0.25) is 0 Å². The summed E-state index contributed by atoms with van der Waals surface area (Å²) in [4.78, 5) is 11.8. The van der Waals surface area contributed by atoms with Gasteiger partial charge in [-0.25, -0.2) is 0 Å². The van der Waals surface area contributed by atoms with Gasteiger partial charge in [0.1, 0.15) is 18.5 Å². The van der Waals surface area contributed by atoms with Crippen molar-refractivity contribution < 1.29 is 14.3 Å². The molecule has 0 saturated heterocycles. The third-order valence-corrected chi connectivity index (χ3v) is 4.01. The van der Waals surface area contributed by atoms with Crippen LogP contribution in [0.15, 0.2) is 30.3 Å². The van der Waals surface area contributed by atoms with E-state index >= 15 is 0 Å². The Bertz CT molecular complexity index is 449. The van der Waals surface area contributed by atoms with Gasteiger partial charge in [-0.05, 0) is 37.8 Å². The molecule has 0 spiro atoms. The van der Waals surface area contributed by atoms with Crippen molar-refractivity contribution >= 4 is 5.91 Å². The summed E-state index contributed by atoms with van der Waals surface area (Å²) in [5.74, 6) is 1.46. The SMILES string of the molecule is CC1CCCC(OCC(=O)NCC(C)Oc2ccccc2)C1. The van der Waals surface area contributed by atoms with E-state index in [1.165, 1.54) is 12.8 Å². The van der Waals surface area contributed by atoms with Crippen LogP contribution in [-0.4, -0.2) is 31.3 Å². The van der Waals surface area contributed by atoms with Crippen LogP contribution in [0.4, 0.5) is 0 Å². The van der Waals surface area contributed by atoms with E-state index < -0.39 is 0 Å². The Morgan fingerprint density at radius 3 is 2.82 bits per heavy atom. The number of carbonyl (C=O) groups excluding carboxylic acids is 1. The van der Waals surface area contributed by atoms with Gasteiger partial charge in [0.25, 0.3) is 0 Å². The minimum absolute atomic E-state index is 0.0678. The molecule has 122 valence electrons. The maximum atomic E-state index is 11.8. The van der Waals surface area contributed by atoms with Crippen molar-refractivity contribution in [3.8, 4) is 5.75 Å². The molecule has 22 heavy (non-hydrogen) atoms. The summed E-state index contributed by atoms with van der Waals surface area (Å²) in [5.41, 5.74) is 0. The van der Waals surface area contributed by atoms with Crippen LogP contribution >= 0.6 is 0 Å². The fraction of sp³-hybridized carbons (Fsp3) is 0.611. The number of carbonyl (C=O) groups is 1. The Morgan fingerprint density at radius 1 is 1.32 bits per heavy atom. The molecule has 1 aromatic carbocycles. The molecule has 4 heteroatoms. The molecule has 1 N–H and O–H groups in total. The van der Waals surface area contributed by atoms with E-state index in [-0.39, 0.29) is 24.7 Å². The average molecular weight is 305 g/mol. The van der Waals surface area contributed by atoms with Crippen molar-refractivity contribution in [3.05, 3.63) is 30.3 Å². The molecule has 1 fully saturated rings.